The van der Waals surface area contributed by atoms with E-state index in [4.69, 9.17) is 27.8 Å². The lowest BCUT2D eigenvalue weighted by molar-refractivity contribution is -0.134. The van der Waals surface area contributed by atoms with Crippen LogP contribution in [0.3, 0.4) is 0 Å². The molecule has 1 aliphatic heterocycles. The molecule has 1 aliphatic carbocycles. The van der Waals surface area contributed by atoms with E-state index in [1.165, 1.54) is 0 Å². The van der Waals surface area contributed by atoms with E-state index in [-0.39, 0.29) is 5.78 Å². The average molecular weight is 451 g/mol. The number of nitrogen functional groups attached to an aromatic ring is 1. The molecule has 6 nitrogen and oxygen atoms in total. The molecule has 0 saturated carbocycles. The maximum Gasteiger partial charge on any atom is 0.250 e. The van der Waals surface area contributed by atoms with Crippen molar-refractivity contribution in [2.45, 2.75) is 31.5 Å². The van der Waals surface area contributed by atoms with Crippen molar-refractivity contribution in [3.63, 3.8) is 0 Å². The lowest BCUT2D eigenvalue weighted by Gasteiger charge is -2.22. The van der Waals surface area contributed by atoms with Crippen LogP contribution in [0.25, 0.3) is 0 Å². The highest BCUT2D eigenvalue weighted by molar-refractivity contribution is 6.33. The van der Waals surface area contributed by atoms with Crippen LogP contribution in [0.15, 0.2) is 60.7 Å². The van der Waals surface area contributed by atoms with Crippen LogP contribution in [0, 0.1) is 0 Å². The molecule has 0 bridgehead atoms. The average Bonchev–Trinajstić information content (AvgIpc) is 3.16. The van der Waals surface area contributed by atoms with Gasteiger partial charge in [-0.25, -0.2) is 0 Å². The van der Waals surface area contributed by atoms with Crippen LogP contribution in [-0.2, 0) is 5.79 Å². The number of halogens is 1. The number of carbonyl (C=O) groups excluding carboxylic acids is 2. The fraction of sp³-hybridized carbons (Fsp3) is 0.200. The molecule has 0 radical (unpaired) electrons. The Hall–Kier alpha value is -3.35. The Morgan fingerprint density at radius 3 is 2.47 bits per heavy atom. The maximum absolute atomic E-state index is 12.8. The molecule has 1 heterocycles. The number of nitrogens with two attached hydrogens (primary N) is 2. The molecule has 3 aromatic rings. The number of primary amides is 1. The van der Waals surface area contributed by atoms with E-state index in [0.29, 0.717) is 39.1 Å². The quantitative estimate of drug-likeness (QED) is 0.502. The smallest absolute Gasteiger partial charge is 0.250 e. The minimum absolute atomic E-state index is 0.174. The number of aliphatic hydroxyl groups is 1. The predicted octanol–water partition coefficient (Wildman–Crippen LogP) is 4.35. The monoisotopic (exact) mass is 450 g/mol. The molecule has 32 heavy (non-hydrogen) atoms. The minimum atomic E-state index is -1.64. The van der Waals surface area contributed by atoms with Crippen molar-refractivity contribution >= 4 is 29.0 Å². The fourth-order valence-corrected chi connectivity index (χ4v) is 4.38. The van der Waals surface area contributed by atoms with Gasteiger partial charge < -0.3 is 21.3 Å². The fourth-order valence-electron chi connectivity index (χ4n) is 4.15. The zero-order valence-electron chi connectivity index (χ0n) is 17.6. The largest absolute Gasteiger partial charge is 0.457 e. The molecule has 2 unspecified atom stereocenters. The molecule has 3 aromatic carbocycles. The third-order valence-electron chi connectivity index (χ3n) is 5.80. The van der Waals surface area contributed by atoms with Gasteiger partial charge in [0.25, 0.3) is 0 Å². The Labute approximate surface area is 190 Å². The summed E-state index contributed by atoms with van der Waals surface area (Å²) in [6.45, 7) is 4.18. The van der Waals surface area contributed by atoms with Gasteiger partial charge in [-0.3, -0.25) is 9.59 Å². The number of rotatable bonds is 2. The van der Waals surface area contributed by atoms with Gasteiger partial charge in [0.2, 0.25) is 11.7 Å². The van der Waals surface area contributed by atoms with Crippen LogP contribution in [0.2, 0.25) is 5.02 Å². The molecular weight excluding hydrogens is 428 g/mol. The summed E-state index contributed by atoms with van der Waals surface area (Å²) in [5.74, 6) is -2.11. The van der Waals surface area contributed by atoms with Crippen molar-refractivity contribution in [2.24, 2.45) is 5.73 Å². The topological polar surface area (TPSA) is 116 Å². The van der Waals surface area contributed by atoms with Crippen molar-refractivity contribution in [3.8, 4) is 5.75 Å². The number of ether oxygens (including phenoxy) is 1. The molecule has 0 spiro atoms. The van der Waals surface area contributed by atoms with Gasteiger partial charge in [-0.1, -0.05) is 61.8 Å². The number of amides is 1. The van der Waals surface area contributed by atoms with Gasteiger partial charge in [-0.2, -0.15) is 0 Å². The number of anilines is 1. The molecule has 1 amide bonds. The van der Waals surface area contributed by atoms with E-state index in [1.807, 2.05) is 18.2 Å². The molecule has 5 N–H and O–H groups in total. The van der Waals surface area contributed by atoms with Gasteiger partial charge >= 0.3 is 0 Å². The van der Waals surface area contributed by atoms with Crippen molar-refractivity contribution in [3.05, 3.63) is 93.5 Å². The van der Waals surface area contributed by atoms with Crippen LogP contribution in [0.4, 0.5) is 5.69 Å². The molecule has 0 fully saturated rings. The van der Waals surface area contributed by atoms with Gasteiger partial charge in [0, 0.05) is 16.8 Å². The normalized spacial score (nSPS) is 20.0. The Morgan fingerprint density at radius 2 is 1.84 bits per heavy atom. The highest BCUT2D eigenvalue weighted by Gasteiger charge is 2.59. The van der Waals surface area contributed by atoms with E-state index < -0.39 is 17.6 Å². The molecule has 2 atom stereocenters. The van der Waals surface area contributed by atoms with Crippen molar-refractivity contribution < 1.29 is 19.4 Å². The second kappa shape index (κ2) is 7.97. The highest BCUT2D eigenvalue weighted by Crippen LogP contribution is 2.56. The van der Waals surface area contributed by atoms with Crippen LogP contribution in [0.1, 0.15) is 63.1 Å². The lowest BCUT2D eigenvalue weighted by Crippen LogP contribution is -2.32. The van der Waals surface area contributed by atoms with Gasteiger partial charge in [-0.15, -0.1) is 0 Å². The number of hydrogen-bond donors (Lipinski definition) is 3. The summed E-state index contributed by atoms with van der Waals surface area (Å²) in [4.78, 5) is 23.3. The van der Waals surface area contributed by atoms with E-state index in [0.717, 1.165) is 11.1 Å². The number of Topliss-reactive ketones (excluding diaryl/α,β-unsaturated/α-hetero) is 1. The summed E-state index contributed by atoms with van der Waals surface area (Å²) < 4.78 is 5.84. The number of carbonyl (C=O) groups is 2. The highest BCUT2D eigenvalue weighted by atomic mass is 35.5. The van der Waals surface area contributed by atoms with Crippen LogP contribution < -0.4 is 16.2 Å². The lowest BCUT2D eigenvalue weighted by atomic mass is 9.91. The summed E-state index contributed by atoms with van der Waals surface area (Å²) in [5.41, 5.74) is 14.3. The molecular formula is C25H23ClN2O4. The van der Waals surface area contributed by atoms with Crippen molar-refractivity contribution in [1.29, 1.82) is 0 Å². The first-order chi connectivity index (χ1) is 15.1. The maximum atomic E-state index is 12.8. The summed E-state index contributed by atoms with van der Waals surface area (Å²) in [7, 11) is 0. The zero-order chi connectivity index (χ0) is 23.2. The standard InChI is InChI=1S/C18H17NO3.C7H6ClNO/c1-9(2)10-6-7-11-14(8-10)22-18(21)12-4-3-5-13(19)15(12)17(20)16(11)18;8-6-4-2-1-3-5(6)7(9)10/h3-9,16,21H,19H2,1-2H3;1-4H,(H2,9,10). The van der Waals surface area contributed by atoms with Gasteiger partial charge in [0.05, 0.1) is 16.1 Å². The molecule has 5 rings (SSSR count). The van der Waals surface area contributed by atoms with Gasteiger partial charge in [0.1, 0.15) is 11.7 Å². The Kier molecular flexibility index (Phi) is 5.44. The van der Waals surface area contributed by atoms with Crippen LogP contribution >= 0.6 is 11.6 Å². The molecule has 7 heteroatoms. The molecule has 2 aliphatic rings. The summed E-state index contributed by atoms with van der Waals surface area (Å²) >= 11 is 5.62. The van der Waals surface area contributed by atoms with Crippen molar-refractivity contribution in [2.75, 3.05) is 5.73 Å². The number of hydrogen-bond acceptors (Lipinski definition) is 5. The zero-order valence-corrected chi connectivity index (χ0v) is 18.4. The van der Waals surface area contributed by atoms with Crippen LogP contribution in [-0.4, -0.2) is 16.8 Å². The second-order valence-corrected chi connectivity index (χ2v) is 8.57. The first-order valence-corrected chi connectivity index (χ1v) is 10.6. The number of ketones is 1. The summed E-state index contributed by atoms with van der Waals surface area (Å²) in [5, 5.41) is 11.4. The Balaban J connectivity index is 0.000000207. The Bertz CT molecular complexity index is 1240. The third kappa shape index (κ3) is 3.42. The van der Waals surface area contributed by atoms with Gasteiger partial charge in [0.15, 0.2) is 5.78 Å². The second-order valence-electron chi connectivity index (χ2n) is 8.16. The minimum Gasteiger partial charge on any atom is -0.457 e. The SMILES string of the molecule is CC(C)c1ccc2c(c1)OC1(O)c3cccc(N)c3C(=O)C21.NC(=O)c1ccccc1Cl. The van der Waals surface area contributed by atoms with E-state index in [1.54, 1.807) is 42.5 Å². The predicted molar refractivity (Wildman–Crippen MR) is 123 cm³/mol. The summed E-state index contributed by atoms with van der Waals surface area (Å²) in [6, 6.07) is 17.6. The molecule has 0 aromatic heterocycles. The van der Waals surface area contributed by atoms with E-state index in [2.05, 4.69) is 13.8 Å². The van der Waals surface area contributed by atoms with Crippen molar-refractivity contribution in [1.82, 2.24) is 0 Å². The molecule has 0 saturated heterocycles. The number of fused-ring (bicyclic) bond motifs is 5. The van der Waals surface area contributed by atoms with Crippen LogP contribution in [0.5, 0.6) is 5.75 Å². The first-order valence-electron chi connectivity index (χ1n) is 10.2. The first kappa shape index (κ1) is 21.9. The third-order valence-corrected chi connectivity index (χ3v) is 6.13. The summed E-state index contributed by atoms with van der Waals surface area (Å²) in [6.07, 6.45) is 0. The van der Waals surface area contributed by atoms with Gasteiger partial charge in [-0.05, 0) is 35.7 Å². The van der Waals surface area contributed by atoms with E-state index in [9.17, 15) is 14.7 Å². The number of benzene rings is 3. The van der Waals surface area contributed by atoms with E-state index >= 15 is 0 Å². The Morgan fingerprint density at radius 1 is 1.12 bits per heavy atom. The molecule has 164 valence electrons.